The summed E-state index contributed by atoms with van der Waals surface area (Å²) in [6.07, 6.45) is 6.43. The molecule has 0 bridgehead atoms. The van der Waals surface area contributed by atoms with Crippen LogP contribution in [0.5, 0.6) is 0 Å². The second-order valence-corrected chi connectivity index (χ2v) is 4.35. The molecule has 1 nitrogen and oxygen atoms in total. The highest BCUT2D eigenvalue weighted by Gasteiger charge is 2.53. The lowest BCUT2D eigenvalue weighted by Gasteiger charge is -2.10. The molecule has 1 unspecified atom stereocenters. The smallest absolute Gasteiger partial charge is 0.0580 e. The van der Waals surface area contributed by atoms with Gasteiger partial charge in [-0.3, -0.25) is 0 Å². The summed E-state index contributed by atoms with van der Waals surface area (Å²) in [6.45, 7) is 5.24. The second kappa shape index (κ2) is 3.37. The highest BCUT2D eigenvalue weighted by atomic mass is 16.5. The van der Waals surface area contributed by atoms with Gasteiger partial charge in [-0.1, -0.05) is 12.8 Å². The Morgan fingerprint density at radius 3 is 2.33 bits per heavy atom. The minimum absolute atomic E-state index is 0.531. The third kappa shape index (κ3) is 1.39. The molecular weight excluding hydrogens is 148 g/mol. The summed E-state index contributed by atoms with van der Waals surface area (Å²) in [5, 5.41) is 0. The Kier molecular flexibility index (Phi) is 2.40. The van der Waals surface area contributed by atoms with Gasteiger partial charge in [-0.15, -0.1) is 0 Å². The Morgan fingerprint density at radius 2 is 1.83 bits per heavy atom. The maximum Gasteiger partial charge on any atom is 0.0580 e. The average Bonchev–Trinajstić information content (AvgIpc) is 2.78. The zero-order valence-electron chi connectivity index (χ0n) is 8.25. The van der Waals surface area contributed by atoms with Crippen LogP contribution in [0.1, 0.15) is 39.5 Å². The molecule has 0 saturated heterocycles. The molecule has 0 radical (unpaired) electrons. The van der Waals surface area contributed by atoms with Crippen LogP contribution in [0.3, 0.4) is 0 Å². The molecule has 0 amide bonds. The normalized spacial score (nSPS) is 42.0. The molecule has 0 aromatic heterocycles. The highest BCUT2D eigenvalue weighted by Crippen LogP contribution is 2.57. The third-order valence-electron chi connectivity index (χ3n) is 3.69. The summed E-state index contributed by atoms with van der Waals surface area (Å²) < 4.78 is 5.66. The summed E-state index contributed by atoms with van der Waals surface area (Å²) in [5.74, 6) is 3.01. The second-order valence-electron chi connectivity index (χ2n) is 4.35. The predicted octanol–water partition coefficient (Wildman–Crippen LogP) is 2.85. The minimum atomic E-state index is 0.531. The Bertz CT molecular complexity index is 143. The van der Waals surface area contributed by atoms with Crippen molar-refractivity contribution < 1.29 is 4.74 Å². The quantitative estimate of drug-likeness (QED) is 0.629. The predicted molar refractivity (Wildman–Crippen MR) is 50.0 cm³/mol. The molecular formula is C11H20O. The molecule has 2 rings (SSSR count). The Morgan fingerprint density at radius 1 is 1.25 bits per heavy atom. The molecule has 2 saturated carbocycles. The maximum atomic E-state index is 5.66. The van der Waals surface area contributed by atoms with Gasteiger partial charge in [-0.2, -0.15) is 0 Å². The van der Waals surface area contributed by atoms with Gasteiger partial charge in [0.15, 0.2) is 0 Å². The monoisotopic (exact) mass is 168 g/mol. The molecule has 0 heterocycles. The van der Waals surface area contributed by atoms with Crippen LogP contribution in [0.15, 0.2) is 0 Å². The van der Waals surface area contributed by atoms with E-state index in [2.05, 4.69) is 13.8 Å². The first-order chi connectivity index (χ1) is 5.84. The number of fused-ring (bicyclic) bond motifs is 1. The first-order valence-corrected chi connectivity index (χ1v) is 5.46. The molecule has 2 aliphatic rings. The molecule has 4 atom stereocenters. The van der Waals surface area contributed by atoms with Gasteiger partial charge < -0.3 is 4.74 Å². The molecule has 2 aliphatic carbocycles. The van der Waals surface area contributed by atoms with E-state index in [1.807, 2.05) is 0 Å². The van der Waals surface area contributed by atoms with Gasteiger partial charge >= 0.3 is 0 Å². The summed E-state index contributed by atoms with van der Waals surface area (Å²) in [4.78, 5) is 0. The zero-order valence-corrected chi connectivity index (χ0v) is 8.25. The Labute approximate surface area is 75.5 Å². The lowest BCUT2D eigenvalue weighted by molar-refractivity contribution is 0.0541. The van der Waals surface area contributed by atoms with Crippen LogP contribution < -0.4 is 0 Å². The topological polar surface area (TPSA) is 9.23 Å². The van der Waals surface area contributed by atoms with Crippen molar-refractivity contribution >= 4 is 0 Å². The summed E-state index contributed by atoms with van der Waals surface area (Å²) in [6, 6.07) is 0. The summed E-state index contributed by atoms with van der Waals surface area (Å²) >= 11 is 0. The van der Waals surface area contributed by atoms with Gasteiger partial charge in [0.25, 0.3) is 0 Å². The van der Waals surface area contributed by atoms with Gasteiger partial charge in [-0.25, -0.2) is 0 Å². The standard InChI is InChI=1S/C11H20O/c1-3-12-8(2)11-9-6-4-5-7-10(9)11/h8-11H,3-7H2,1-2H3/t8-,9-,10+,11?/m1/s1. The van der Waals surface area contributed by atoms with Gasteiger partial charge in [0.05, 0.1) is 6.10 Å². The van der Waals surface area contributed by atoms with Crippen LogP contribution in [-0.4, -0.2) is 12.7 Å². The molecule has 0 N–H and O–H groups in total. The van der Waals surface area contributed by atoms with E-state index < -0.39 is 0 Å². The summed E-state index contributed by atoms with van der Waals surface area (Å²) in [7, 11) is 0. The van der Waals surface area contributed by atoms with Crippen molar-refractivity contribution in [2.75, 3.05) is 6.61 Å². The van der Waals surface area contributed by atoms with Crippen molar-refractivity contribution in [3.63, 3.8) is 0 Å². The third-order valence-corrected chi connectivity index (χ3v) is 3.69. The fourth-order valence-electron chi connectivity index (χ4n) is 3.12. The molecule has 12 heavy (non-hydrogen) atoms. The van der Waals surface area contributed by atoms with E-state index in [4.69, 9.17) is 4.74 Å². The van der Waals surface area contributed by atoms with Crippen LogP contribution in [0, 0.1) is 17.8 Å². The van der Waals surface area contributed by atoms with Crippen LogP contribution in [0.4, 0.5) is 0 Å². The van der Waals surface area contributed by atoms with Gasteiger partial charge in [0.1, 0.15) is 0 Å². The summed E-state index contributed by atoms with van der Waals surface area (Å²) in [5.41, 5.74) is 0. The minimum Gasteiger partial charge on any atom is -0.378 e. The van der Waals surface area contributed by atoms with Crippen LogP contribution >= 0.6 is 0 Å². The molecule has 70 valence electrons. The van der Waals surface area contributed by atoms with Crippen molar-refractivity contribution in [2.24, 2.45) is 17.8 Å². The Hall–Kier alpha value is -0.0400. The highest BCUT2D eigenvalue weighted by molar-refractivity contribution is 5.01. The van der Waals surface area contributed by atoms with Crippen molar-refractivity contribution in [1.82, 2.24) is 0 Å². The van der Waals surface area contributed by atoms with Gasteiger partial charge in [0, 0.05) is 6.61 Å². The lowest BCUT2D eigenvalue weighted by Crippen LogP contribution is -2.12. The van der Waals surface area contributed by atoms with E-state index in [1.165, 1.54) is 25.7 Å². The largest absolute Gasteiger partial charge is 0.378 e. The number of rotatable bonds is 3. The van der Waals surface area contributed by atoms with Gasteiger partial charge in [0.2, 0.25) is 0 Å². The van der Waals surface area contributed by atoms with E-state index in [0.717, 1.165) is 24.4 Å². The molecule has 0 spiro atoms. The zero-order chi connectivity index (χ0) is 8.55. The first kappa shape index (κ1) is 8.55. The fraction of sp³-hybridized carbons (Fsp3) is 1.00. The molecule has 2 fully saturated rings. The fourth-order valence-corrected chi connectivity index (χ4v) is 3.12. The SMILES string of the molecule is CCO[C@H](C)C1[C@H]2CCCC[C@@H]12. The number of hydrogen-bond donors (Lipinski definition) is 0. The number of ether oxygens (including phenoxy) is 1. The molecule has 1 heteroatoms. The van der Waals surface area contributed by atoms with Crippen LogP contribution in [0.25, 0.3) is 0 Å². The van der Waals surface area contributed by atoms with E-state index in [9.17, 15) is 0 Å². The first-order valence-electron chi connectivity index (χ1n) is 5.46. The van der Waals surface area contributed by atoms with E-state index in [1.54, 1.807) is 0 Å². The van der Waals surface area contributed by atoms with Crippen molar-refractivity contribution in [3.8, 4) is 0 Å². The van der Waals surface area contributed by atoms with Crippen molar-refractivity contribution in [3.05, 3.63) is 0 Å². The molecule has 0 aliphatic heterocycles. The lowest BCUT2D eigenvalue weighted by atomic mass is 10.0. The van der Waals surface area contributed by atoms with E-state index in [-0.39, 0.29) is 0 Å². The van der Waals surface area contributed by atoms with Gasteiger partial charge in [-0.05, 0) is 44.4 Å². The van der Waals surface area contributed by atoms with Crippen molar-refractivity contribution in [1.29, 1.82) is 0 Å². The Balaban J connectivity index is 1.83. The van der Waals surface area contributed by atoms with Crippen LogP contribution in [-0.2, 0) is 4.74 Å². The maximum absolute atomic E-state index is 5.66. The number of hydrogen-bond acceptors (Lipinski definition) is 1. The molecule has 0 aromatic carbocycles. The molecule has 0 aromatic rings. The van der Waals surface area contributed by atoms with Crippen molar-refractivity contribution in [2.45, 2.75) is 45.6 Å². The van der Waals surface area contributed by atoms with Crippen LogP contribution in [0.2, 0.25) is 0 Å². The van der Waals surface area contributed by atoms with E-state index in [0.29, 0.717) is 6.10 Å². The van der Waals surface area contributed by atoms with E-state index >= 15 is 0 Å². The average molecular weight is 168 g/mol.